The molecule has 0 spiro atoms. The molecule has 0 saturated heterocycles. The zero-order valence-electron chi connectivity index (χ0n) is 12.2. The van der Waals surface area contributed by atoms with Crippen LogP contribution in [0.3, 0.4) is 0 Å². The lowest BCUT2D eigenvalue weighted by Crippen LogP contribution is -2.32. The molecule has 1 atom stereocenters. The monoisotopic (exact) mass is 258 g/mol. The molecule has 1 unspecified atom stereocenters. The fourth-order valence-corrected chi connectivity index (χ4v) is 2.34. The topological polar surface area (TPSA) is 25.2 Å². The van der Waals surface area contributed by atoms with Gasteiger partial charge in [0.2, 0.25) is 0 Å². The van der Waals surface area contributed by atoms with Crippen LogP contribution in [0, 0.1) is 0 Å². The van der Waals surface area contributed by atoms with Crippen LogP contribution in [0.1, 0.15) is 25.8 Å². The van der Waals surface area contributed by atoms with Gasteiger partial charge in [0, 0.05) is 25.2 Å². The van der Waals surface area contributed by atoms with E-state index in [4.69, 9.17) is 0 Å². The van der Waals surface area contributed by atoms with Gasteiger partial charge in [-0.15, -0.1) is 0 Å². The highest BCUT2D eigenvalue weighted by atomic mass is 16.1. The normalized spacial score (nSPS) is 13.1. The van der Waals surface area contributed by atoms with Gasteiger partial charge in [-0.3, -0.25) is 9.69 Å². The van der Waals surface area contributed by atoms with E-state index >= 15 is 0 Å². The zero-order chi connectivity index (χ0) is 14.0. The Labute approximate surface area is 114 Å². The third-order valence-corrected chi connectivity index (χ3v) is 3.97. The lowest BCUT2D eigenvalue weighted by molar-refractivity contribution is 0.243. The predicted octanol–water partition coefficient (Wildman–Crippen LogP) is 2.77. The van der Waals surface area contributed by atoms with Crippen molar-refractivity contribution in [3.8, 4) is 0 Å². The molecule has 0 N–H and O–H groups in total. The zero-order valence-corrected chi connectivity index (χ0v) is 12.2. The van der Waals surface area contributed by atoms with Crippen LogP contribution in [0.4, 0.5) is 0 Å². The van der Waals surface area contributed by atoms with Crippen molar-refractivity contribution in [2.45, 2.75) is 32.9 Å². The van der Waals surface area contributed by atoms with Crippen LogP contribution in [0.2, 0.25) is 0 Å². The van der Waals surface area contributed by atoms with Gasteiger partial charge in [0.15, 0.2) is 0 Å². The van der Waals surface area contributed by atoms with Crippen molar-refractivity contribution in [1.82, 2.24) is 9.47 Å². The van der Waals surface area contributed by atoms with Crippen molar-refractivity contribution in [2.24, 2.45) is 7.05 Å². The summed E-state index contributed by atoms with van der Waals surface area (Å²) < 4.78 is 1.75. The number of aryl methyl sites for hydroxylation is 1. The number of hydrogen-bond acceptors (Lipinski definition) is 2. The first-order valence-corrected chi connectivity index (χ1v) is 6.82. The van der Waals surface area contributed by atoms with Crippen molar-refractivity contribution in [3.05, 3.63) is 46.2 Å². The highest BCUT2D eigenvalue weighted by Gasteiger charge is 2.12. The first kappa shape index (κ1) is 13.8. The van der Waals surface area contributed by atoms with Crippen LogP contribution in [0.15, 0.2) is 35.1 Å². The molecule has 0 radical (unpaired) electrons. The summed E-state index contributed by atoms with van der Waals surface area (Å²) in [7, 11) is 3.92. The molecule has 2 rings (SSSR count). The molecule has 3 heteroatoms. The maximum absolute atomic E-state index is 12.4. The summed E-state index contributed by atoms with van der Waals surface area (Å²) >= 11 is 0. The summed E-state index contributed by atoms with van der Waals surface area (Å²) in [6.45, 7) is 5.05. The van der Waals surface area contributed by atoms with Gasteiger partial charge in [0.05, 0.1) is 5.52 Å². The number of rotatable bonds is 4. The second kappa shape index (κ2) is 5.57. The fourth-order valence-electron chi connectivity index (χ4n) is 2.34. The maximum Gasteiger partial charge on any atom is 0.255 e. The minimum atomic E-state index is 0.105. The van der Waals surface area contributed by atoms with E-state index in [2.05, 4.69) is 31.9 Å². The van der Waals surface area contributed by atoms with Crippen LogP contribution >= 0.6 is 0 Å². The largest absolute Gasteiger partial charge is 0.311 e. The molecule has 0 amide bonds. The van der Waals surface area contributed by atoms with Crippen LogP contribution in [0.25, 0.3) is 10.9 Å². The first-order chi connectivity index (χ1) is 9.04. The molecule has 0 bridgehead atoms. The first-order valence-electron chi connectivity index (χ1n) is 6.82. The summed E-state index contributed by atoms with van der Waals surface area (Å²) in [4.78, 5) is 14.6. The van der Waals surface area contributed by atoms with Crippen molar-refractivity contribution >= 4 is 10.9 Å². The second-order valence-electron chi connectivity index (χ2n) is 5.26. The van der Waals surface area contributed by atoms with E-state index in [0.29, 0.717) is 12.6 Å². The fraction of sp³-hybridized carbons (Fsp3) is 0.438. The summed E-state index contributed by atoms with van der Waals surface area (Å²) in [5, 5.41) is 1.12. The average Bonchev–Trinajstić information content (AvgIpc) is 2.43. The molecule has 0 aliphatic carbocycles. The molecule has 1 heterocycles. The predicted molar refractivity (Wildman–Crippen MR) is 80.4 cm³/mol. The third kappa shape index (κ3) is 2.71. The summed E-state index contributed by atoms with van der Waals surface area (Å²) in [5.41, 5.74) is 1.96. The summed E-state index contributed by atoms with van der Waals surface area (Å²) in [6, 6.07) is 10.5. The van der Waals surface area contributed by atoms with Crippen molar-refractivity contribution in [3.63, 3.8) is 0 Å². The van der Waals surface area contributed by atoms with E-state index in [-0.39, 0.29) is 5.56 Å². The molecule has 102 valence electrons. The quantitative estimate of drug-likeness (QED) is 0.842. The van der Waals surface area contributed by atoms with Crippen LogP contribution in [-0.2, 0) is 13.6 Å². The lowest BCUT2D eigenvalue weighted by atomic mass is 10.1. The van der Waals surface area contributed by atoms with Gasteiger partial charge in [0.1, 0.15) is 0 Å². The van der Waals surface area contributed by atoms with Gasteiger partial charge in [0.25, 0.3) is 5.56 Å². The summed E-state index contributed by atoms with van der Waals surface area (Å²) in [6.07, 6.45) is 1.09. The minimum absolute atomic E-state index is 0.105. The number of aromatic nitrogens is 1. The van der Waals surface area contributed by atoms with Gasteiger partial charge in [-0.25, -0.2) is 0 Å². The van der Waals surface area contributed by atoms with E-state index in [0.717, 1.165) is 22.9 Å². The van der Waals surface area contributed by atoms with Crippen LogP contribution in [0.5, 0.6) is 0 Å². The van der Waals surface area contributed by atoms with Crippen molar-refractivity contribution in [2.75, 3.05) is 7.05 Å². The van der Waals surface area contributed by atoms with Gasteiger partial charge in [-0.05, 0) is 37.9 Å². The van der Waals surface area contributed by atoms with E-state index < -0.39 is 0 Å². The smallest absolute Gasteiger partial charge is 0.255 e. The van der Waals surface area contributed by atoms with Crippen molar-refractivity contribution < 1.29 is 0 Å². The highest BCUT2D eigenvalue weighted by Crippen LogP contribution is 2.14. The maximum atomic E-state index is 12.4. The standard InChI is InChI=1S/C16H22N2O/c1-5-12(2)17(3)11-14-10-13-8-6-7-9-15(13)18(4)16(14)19/h6-10,12H,5,11H2,1-4H3. The summed E-state index contributed by atoms with van der Waals surface area (Å²) in [5.74, 6) is 0. The average molecular weight is 258 g/mol. The molecule has 0 fully saturated rings. The molecule has 1 aromatic carbocycles. The van der Waals surface area contributed by atoms with Crippen LogP contribution < -0.4 is 5.56 Å². The molecular formula is C16H22N2O. The molecule has 1 aromatic heterocycles. The van der Waals surface area contributed by atoms with Gasteiger partial charge in [-0.1, -0.05) is 25.1 Å². The molecule has 0 aliphatic rings. The Balaban J connectivity index is 2.44. The Morgan fingerprint density at radius 3 is 2.68 bits per heavy atom. The van der Waals surface area contributed by atoms with E-state index in [1.54, 1.807) is 4.57 Å². The third-order valence-electron chi connectivity index (χ3n) is 3.97. The Morgan fingerprint density at radius 1 is 1.32 bits per heavy atom. The number of hydrogen-bond donors (Lipinski definition) is 0. The van der Waals surface area contributed by atoms with E-state index in [1.165, 1.54) is 0 Å². The van der Waals surface area contributed by atoms with Crippen LogP contribution in [-0.4, -0.2) is 22.6 Å². The number of nitrogens with zero attached hydrogens (tertiary/aromatic N) is 2. The minimum Gasteiger partial charge on any atom is -0.311 e. The highest BCUT2D eigenvalue weighted by molar-refractivity contribution is 5.79. The molecule has 0 saturated carbocycles. The number of fused-ring (bicyclic) bond motifs is 1. The molecule has 3 nitrogen and oxygen atoms in total. The number of pyridine rings is 1. The van der Waals surface area contributed by atoms with E-state index in [1.807, 2.05) is 31.3 Å². The lowest BCUT2D eigenvalue weighted by Gasteiger charge is -2.23. The molecular weight excluding hydrogens is 236 g/mol. The van der Waals surface area contributed by atoms with Gasteiger partial charge in [-0.2, -0.15) is 0 Å². The molecule has 2 aromatic rings. The van der Waals surface area contributed by atoms with Gasteiger partial charge >= 0.3 is 0 Å². The SMILES string of the molecule is CCC(C)N(C)Cc1cc2ccccc2n(C)c1=O. The number of benzene rings is 1. The molecule has 19 heavy (non-hydrogen) atoms. The Kier molecular flexibility index (Phi) is 4.05. The Hall–Kier alpha value is -1.61. The second-order valence-corrected chi connectivity index (χ2v) is 5.26. The Morgan fingerprint density at radius 2 is 2.00 bits per heavy atom. The van der Waals surface area contributed by atoms with E-state index in [9.17, 15) is 4.79 Å². The number of para-hydroxylation sites is 1. The Bertz CT molecular complexity index is 630. The van der Waals surface area contributed by atoms with Gasteiger partial charge < -0.3 is 4.57 Å². The molecule has 0 aliphatic heterocycles. The van der Waals surface area contributed by atoms with Crippen molar-refractivity contribution in [1.29, 1.82) is 0 Å².